The van der Waals surface area contributed by atoms with Crippen LogP contribution in [0.15, 0.2) is 273 Å². The van der Waals surface area contributed by atoms with E-state index in [0.717, 1.165) is 17.1 Å². The molecular formula is C76H51N. The van der Waals surface area contributed by atoms with Crippen molar-refractivity contribution in [3.05, 3.63) is 306 Å². The Morgan fingerprint density at radius 2 is 0.597 bits per heavy atom. The summed E-state index contributed by atoms with van der Waals surface area (Å²) >= 11 is 0. The molecule has 0 atom stereocenters. The molecular weight excluding hydrogens is 927 g/mol. The molecule has 77 heavy (non-hydrogen) atoms. The van der Waals surface area contributed by atoms with Crippen molar-refractivity contribution >= 4 is 49.4 Å². The predicted octanol–water partition coefficient (Wildman–Crippen LogP) is 20.3. The molecule has 3 aliphatic rings. The van der Waals surface area contributed by atoms with Gasteiger partial charge in [0.1, 0.15) is 0 Å². The zero-order chi connectivity index (χ0) is 51.0. The van der Waals surface area contributed by atoms with Crippen LogP contribution in [0.2, 0.25) is 0 Å². The van der Waals surface area contributed by atoms with Crippen molar-refractivity contribution in [2.75, 3.05) is 4.90 Å². The van der Waals surface area contributed by atoms with Crippen LogP contribution in [0.4, 0.5) is 17.1 Å². The van der Waals surface area contributed by atoms with Gasteiger partial charge in [-0.05, 0) is 187 Å². The van der Waals surface area contributed by atoms with Gasteiger partial charge in [-0.3, -0.25) is 0 Å². The maximum absolute atomic E-state index is 2.49. The van der Waals surface area contributed by atoms with Crippen LogP contribution in [0.25, 0.3) is 99.1 Å². The first-order valence-electron chi connectivity index (χ1n) is 27.1. The quantitative estimate of drug-likeness (QED) is 0.150. The fourth-order valence-electron chi connectivity index (χ4n) is 14.1. The zero-order valence-corrected chi connectivity index (χ0v) is 42.9. The van der Waals surface area contributed by atoms with Crippen LogP contribution in [-0.4, -0.2) is 0 Å². The van der Waals surface area contributed by atoms with Crippen LogP contribution < -0.4 is 4.90 Å². The van der Waals surface area contributed by atoms with E-state index in [9.17, 15) is 0 Å². The minimum atomic E-state index is -0.436. The maximum Gasteiger partial charge on any atom is 0.0726 e. The smallest absolute Gasteiger partial charge is 0.0726 e. The lowest BCUT2D eigenvalue weighted by molar-refractivity contribution is 0.661. The van der Waals surface area contributed by atoms with Crippen LogP contribution in [0.3, 0.4) is 0 Å². The predicted molar refractivity (Wildman–Crippen MR) is 324 cm³/mol. The topological polar surface area (TPSA) is 3.24 Å². The van der Waals surface area contributed by atoms with Gasteiger partial charge in [0.15, 0.2) is 0 Å². The Labute approximate surface area is 449 Å². The Bertz CT molecular complexity index is 4500. The van der Waals surface area contributed by atoms with E-state index < -0.39 is 5.41 Å². The second-order valence-corrected chi connectivity index (χ2v) is 21.9. The molecule has 360 valence electrons. The Balaban J connectivity index is 0.777. The lowest BCUT2D eigenvalue weighted by Gasteiger charge is -2.32. The molecule has 0 bridgehead atoms. The number of benzene rings is 13. The standard InChI is InChI=1S/C76H51N/c1-75(2)69-24-12-8-23-63(69)68-46-66-58-19-7-6-18-57(58)65-44-53(36-42-59(65)67(66)47-73(68)75)52-30-28-49(29-31-52)51-34-39-55(40-35-51)77(54-37-32-50(33-38-54)48-16-4-3-5-17-48)56-41-43-64-62-22-11-15-27-72(62)76(74(64)45-56)70-25-13-9-20-60(70)61-21-10-14-26-71(61)76/h3-47H,1-2H3. The summed E-state index contributed by atoms with van der Waals surface area (Å²) in [6.07, 6.45) is 0. The molecule has 3 aliphatic carbocycles. The van der Waals surface area contributed by atoms with Gasteiger partial charge in [-0.15, -0.1) is 0 Å². The molecule has 0 aromatic heterocycles. The third kappa shape index (κ3) is 6.29. The number of nitrogens with zero attached hydrogens (tertiary/aromatic N) is 1. The average molecular weight is 978 g/mol. The summed E-state index contributed by atoms with van der Waals surface area (Å²) in [5.74, 6) is 0. The molecule has 0 amide bonds. The summed E-state index contributed by atoms with van der Waals surface area (Å²) in [6.45, 7) is 4.75. The fraction of sp³-hybridized carbons (Fsp3) is 0.0526. The van der Waals surface area contributed by atoms with Gasteiger partial charge in [0.25, 0.3) is 0 Å². The Hall–Kier alpha value is -9.56. The van der Waals surface area contributed by atoms with Crippen LogP contribution in [0.1, 0.15) is 47.2 Å². The highest BCUT2D eigenvalue weighted by atomic mass is 15.1. The van der Waals surface area contributed by atoms with Gasteiger partial charge in [-0.1, -0.05) is 232 Å². The third-order valence-electron chi connectivity index (χ3n) is 17.7. The second kappa shape index (κ2) is 16.5. The molecule has 1 nitrogen and oxygen atoms in total. The Kier molecular flexibility index (Phi) is 9.37. The molecule has 0 saturated carbocycles. The van der Waals surface area contributed by atoms with Crippen molar-refractivity contribution in [3.63, 3.8) is 0 Å². The van der Waals surface area contributed by atoms with E-state index in [1.807, 2.05) is 0 Å². The van der Waals surface area contributed by atoms with E-state index in [1.54, 1.807) is 0 Å². The number of hydrogen-bond acceptors (Lipinski definition) is 1. The summed E-state index contributed by atoms with van der Waals surface area (Å²) in [6, 6.07) is 102. The summed E-state index contributed by atoms with van der Waals surface area (Å²) < 4.78 is 0. The highest BCUT2D eigenvalue weighted by molar-refractivity contribution is 6.26. The summed E-state index contributed by atoms with van der Waals surface area (Å²) in [4.78, 5) is 2.44. The van der Waals surface area contributed by atoms with Gasteiger partial charge in [-0.25, -0.2) is 0 Å². The minimum absolute atomic E-state index is 0.0645. The molecule has 0 N–H and O–H groups in total. The van der Waals surface area contributed by atoms with E-state index in [4.69, 9.17) is 0 Å². The van der Waals surface area contributed by atoms with Crippen molar-refractivity contribution in [3.8, 4) is 66.8 Å². The van der Waals surface area contributed by atoms with Crippen molar-refractivity contribution < 1.29 is 0 Å². The van der Waals surface area contributed by atoms with Gasteiger partial charge >= 0.3 is 0 Å². The van der Waals surface area contributed by atoms with Gasteiger partial charge in [0.05, 0.1) is 5.41 Å². The number of rotatable bonds is 6. The molecule has 0 fully saturated rings. The molecule has 1 heteroatoms. The molecule has 13 aromatic carbocycles. The number of fused-ring (bicyclic) bond motifs is 19. The Morgan fingerprint density at radius 1 is 0.221 bits per heavy atom. The van der Waals surface area contributed by atoms with E-state index in [0.29, 0.717) is 0 Å². The molecule has 0 heterocycles. The first kappa shape index (κ1) is 43.8. The molecule has 0 radical (unpaired) electrons. The maximum atomic E-state index is 2.49. The van der Waals surface area contributed by atoms with E-state index in [1.165, 1.54) is 132 Å². The molecule has 0 saturated heterocycles. The number of hydrogen-bond donors (Lipinski definition) is 0. The monoisotopic (exact) mass is 977 g/mol. The van der Waals surface area contributed by atoms with E-state index in [-0.39, 0.29) is 5.41 Å². The first-order valence-corrected chi connectivity index (χ1v) is 27.1. The molecule has 0 aliphatic heterocycles. The fourth-order valence-corrected chi connectivity index (χ4v) is 14.1. The molecule has 0 unspecified atom stereocenters. The van der Waals surface area contributed by atoms with Crippen LogP contribution in [0.5, 0.6) is 0 Å². The van der Waals surface area contributed by atoms with Crippen molar-refractivity contribution in [1.29, 1.82) is 0 Å². The Morgan fingerprint density at radius 3 is 1.16 bits per heavy atom. The number of anilines is 3. The molecule has 1 spiro atoms. The highest BCUT2D eigenvalue weighted by Crippen LogP contribution is 2.63. The van der Waals surface area contributed by atoms with Gasteiger partial charge < -0.3 is 4.90 Å². The second-order valence-electron chi connectivity index (χ2n) is 21.9. The SMILES string of the molecule is CC1(C)c2ccccc2-c2cc3c4ccccc4c4cc(-c5ccc(-c6ccc(N(c7ccc(-c8ccccc8)cc7)c7ccc8c(c7)C7(c9ccccc9-c9ccccc97)c7ccccc7-8)cc6)cc5)ccc4c3cc21. The third-order valence-corrected chi connectivity index (χ3v) is 17.7. The van der Waals surface area contributed by atoms with E-state index >= 15 is 0 Å². The van der Waals surface area contributed by atoms with Gasteiger partial charge in [0.2, 0.25) is 0 Å². The average Bonchev–Trinajstić information content (AvgIpc) is 4.19. The van der Waals surface area contributed by atoms with Gasteiger partial charge in [0, 0.05) is 22.5 Å². The van der Waals surface area contributed by atoms with Crippen molar-refractivity contribution in [2.45, 2.75) is 24.7 Å². The zero-order valence-electron chi connectivity index (χ0n) is 42.9. The lowest BCUT2D eigenvalue weighted by Crippen LogP contribution is -2.26. The lowest BCUT2D eigenvalue weighted by atomic mass is 9.70. The highest BCUT2D eigenvalue weighted by Gasteiger charge is 2.51. The minimum Gasteiger partial charge on any atom is -0.310 e. The molecule has 16 rings (SSSR count). The normalized spacial score (nSPS) is 13.8. The van der Waals surface area contributed by atoms with Crippen LogP contribution >= 0.6 is 0 Å². The first-order chi connectivity index (χ1) is 37.9. The summed E-state index contributed by atoms with van der Waals surface area (Å²) in [5.41, 5.74) is 26.1. The van der Waals surface area contributed by atoms with Crippen molar-refractivity contribution in [2.24, 2.45) is 0 Å². The van der Waals surface area contributed by atoms with Gasteiger partial charge in [-0.2, -0.15) is 0 Å². The van der Waals surface area contributed by atoms with Crippen LogP contribution in [-0.2, 0) is 10.8 Å². The largest absolute Gasteiger partial charge is 0.310 e. The molecule has 13 aromatic rings. The van der Waals surface area contributed by atoms with Crippen molar-refractivity contribution in [1.82, 2.24) is 0 Å². The van der Waals surface area contributed by atoms with E-state index in [2.05, 4.69) is 292 Å². The van der Waals surface area contributed by atoms with Crippen LogP contribution in [0, 0.1) is 0 Å². The summed E-state index contributed by atoms with van der Waals surface area (Å²) in [7, 11) is 0. The summed E-state index contributed by atoms with van der Waals surface area (Å²) in [5, 5.41) is 7.82.